The minimum Gasteiger partial charge on any atom is -0.508 e. The number of aliphatic hydroxyl groups excluding tert-OH is 1. The normalized spacial score (nSPS) is 36.7. The van der Waals surface area contributed by atoms with E-state index in [0.717, 1.165) is 6.42 Å². The topological polar surface area (TPSA) is 118 Å². The summed E-state index contributed by atoms with van der Waals surface area (Å²) in [6.45, 7) is 8.90. The molecule has 4 unspecified atom stereocenters. The van der Waals surface area contributed by atoms with E-state index in [4.69, 9.17) is 14.2 Å². The Kier molecular flexibility index (Phi) is 5.28. The fraction of sp³-hybridized carbons (Fsp3) is 0.533. The smallest absolute Gasteiger partial charge is 0.407 e. The van der Waals surface area contributed by atoms with Crippen LogP contribution < -0.4 is 5.32 Å². The predicted octanol–water partition coefficient (Wildman–Crippen LogP) is 4.30. The monoisotopic (exact) mass is 521 g/mol. The molecule has 2 saturated carbocycles. The summed E-state index contributed by atoms with van der Waals surface area (Å²) >= 11 is 0. The average Bonchev–Trinajstić information content (AvgIpc) is 3.53. The number of nitrogens with one attached hydrogen (secondary N) is 1. The number of phenolic OH excluding ortho intramolecular Hbond substituents is 1. The molecule has 3 aliphatic carbocycles. The van der Waals surface area contributed by atoms with Gasteiger partial charge in [0.1, 0.15) is 23.1 Å². The van der Waals surface area contributed by atoms with E-state index in [1.807, 2.05) is 0 Å². The van der Waals surface area contributed by atoms with E-state index in [9.17, 15) is 19.8 Å². The van der Waals surface area contributed by atoms with Crippen molar-refractivity contribution < 1.29 is 34.0 Å². The average molecular weight is 522 g/mol. The largest absolute Gasteiger partial charge is 0.508 e. The molecule has 0 spiro atoms. The van der Waals surface area contributed by atoms with E-state index >= 15 is 0 Å². The molecule has 202 valence electrons. The molecular weight excluding hydrogens is 486 g/mol. The van der Waals surface area contributed by atoms with Crippen molar-refractivity contribution in [2.45, 2.75) is 75.9 Å². The van der Waals surface area contributed by atoms with Crippen molar-refractivity contribution >= 4 is 12.1 Å². The number of fused-ring (bicyclic) bond motifs is 3. The molecule has 0 radical (unpaired) electrons. The molecule has 0 aromatic heterocycles. The van der Waals surface area contributed by atoms with Crippen molar-refractivity contribution in [2.75, 3.05) is 7.11 Å². The summed E-state index contributed by atoms with van der Waals surface area (Å²) < 4.78 is 17.7. The van der Waals surface area contributed by atoms with E-state index in [1.54, 1.807) is 0 Å². The van der Waals surface area contributed by atoms with Gasteiger partial charge < -0.3 is 29.7 Å². The Balaban J connectivity index is 1.30. The Morgan fingerprint density at radius 2 is 1.79 bits per heavy atom. The number of methoxy groups -OCH3 is 1. The molecule has 4 aliphatic rings. The second-order valence-electron chi connectivity index (χ2n) is 12.1. The van der Waals surface area contributed by atoms with Gasteiger partial charge in [0.2, 0.25) is 0 Å². The van der Waals surface area contributed by atoms with Crippen LogP contribution in [-0.2, 0) is 24.6 Å². The molecule has 2 bridgehead atoms. The summed E-state index contributed by atoms with van der Waals surface area (Å²) in [5.74, 6) is -0.347. The zero-order valence-corrected chi connectivity index (χ0v) is 22.4. The number of rotatable bonds is 5. The van der Waals surface area contributed by atoms with Gasteiger partial charge in [-0.05, 0) is 53.0 Å². The Hall–Kier alpha value is -3.10. The van der Waals surface area contributed by atoms with Crippen molar-refractivity contribution in [2.24, 2.45) is 16.7 Å². The van der Waals surface area contributed by atoms with Gasteiger partial charge in [-0.1, -0.05) is 64.1 Å². The zero-order valence-electron chi connectivity index (χ0n) is 22.4. The third-order valence-corrected chi connectivity index (χ3v) is 10.5. The van der Waals surface area contributed by atoms with Crippen molar-refractivity contribution in [3.05, 3.63) is 65.2 Å². The number of carbonyl (C=O) groups excluding carboxylic acids is 2. The van der Waals surface area contributed by atoms with Crippen molar-refractivity contribution in [3.8, 4) is 5.75 Å². The van der Waals surface area contributed by atoms with Crippen LogP contribution in [0.1, 0.15) is 69.2 Å². The number of alkyl carbamates (subject to hydrolysis) is 1. The zero-order chi connectivity index (χ0) is 27.3. The molecule has 3 fully saturated rings. The summed E-state index contributed by atoms with van der Waals surface area (Å²) in [6, 6.07) is 13.3. The van der Waals surface area contributed by atoms with Crippen LogP contribution in [0.4, 0.5) is 4.79 Å². The van der Waals surface area contributed by atoms with Gasteiger partial charge in [0.15, 0.2) is 6.10 Å². The van der Waals surface area contributed by atoms with E-state index in [0.29, 0.717) is 17.9 Å². The van der Waals surface area contributed by atoms with Crippen LogP contribution in [-0.4, -0.2) is 47.2 Å². The molecule has 6 rings (SSSR count). The lowest BCUT2D eigenvalue weighted by Gasteiger charge is -2.46. The lowest BCUT2D eigenvalue weighted by atomic mass is 9.58. The van der Waals surface area contributed by atoms with Crippen molar-refractivity contribution in [3.63, 3.8) is 0 Å². The van der Waals surface area contributed by atoms with Crippen molar-refractivity contribution in [1.29, 1.82) is 0 Å². The Labute approximate surface area is 222 Å². The third-order valence-electron chi connectivity index (χ3n) is 10.5. The predicted molar refractivity (Wildman–Crippen MR) is 137 cm³/mol. The van der Waals surface area contributed by atoms with Crippen LogP contribution >= 0.6 is 0 Å². The summed E-state index contributed by atoms with van der Waals surface area (Å²) in [5.41, 5.74) is 1.54. The molecule has 3 N–H and O–H groups in total. The molecule has 2 aromatic carbocycles. The molecule has 1 heterocycles. The number of carbonyl (C=O) groups is 2. The lowest BCUT2D eigenvalue weighted by Crippen LogP contribution is -2.53. The van der Waals surface area contributed by atoms with Gasteiger partial charge in [-0.3, -0.25) is 0 Å². The maximum Gasteiger partial charge on any atom is 0.407 e. The molecule has 8 nitrogen and oxygen atoms in total. The number of hydrogen-bond acceptors (Lipinski definition) is 7. The van der Waals surface area contributed by atoms with Crippen LogP contribution in [0.5, 0.6) is 5.75 Å². The summed E-state index contributed by atoms with van der Waals surface area (Å²) in [4.78, 5) is 25.5. The van der Waals surface area contributed by atoms with Gasteiger partial charge in [-0.2, -0.15) is 0 Å². The van der Waals surface area contributed by atoms with Crippen LogP contribution in [0.25, 0.3) is 0 Å². The Morgan fingerprint density at radius 1 is 1.11 bits per heavy atom. The maximum atomic E-state index is 13.5. The van der Waals surface area contributed by atoms with E-state index in [1.165, 1.54) is 42.5 Å². The highest BCUT2D eigenvalue weighted by atomic mass is 16.6. The highest BCUT2D eigenvalue weighted by Crippen LogP contribution is 2.89. The van der Waals surface area contributed by atoms with Gasteiger partial charge in [0, 0.05) is 11.3 Å². The molecular formula is C30H35NO7. The molecule has 1 saturated heterocycles. The van der Waals surface area contributed by atoms with Crippen LogP contribution in [0.2, 0.25) is 0 Å². The van der Waals surface area contributed by atoms with Gasteiger partial charge in [0.25, 0.3) is 0 Å². The first-order valence-electron chi connectivity index (χ1n) is 13.3. The number of benzene rings is 2. The summed E-state index contributed by atoms with van der Waals surface area (Å²) in [7, 11) is 1.20. The van der Waals surface area contributed by atoms with E-state index < -0.39 is 41.3 Å². The number of aromatic hydroxyl groups is 1. The maximum absolute atomic E-state index is 13.5. The number of aliphatic hydroxyl groups is 1. The molecule has 1 amide bonds. The number of esters is 1. The number of ether oxygens (including phenoxy) is 3. The first kappa shape index (κ1) is 25.2. The number of phenols is 1. The summed E-state index contributed by atoms with van der Waals surface area (Å²) in [6.07, 6.45) is -1.47. The van der Waals surface area contributed by atoms with E-state index in [-0.39, 0.29) is 22.7 Å². The quantitative estimate of drug-likeness (QED) is 0.397. The minimum atomic E-state index is -1.68. The highest BCUT2D eigenvalue weighted by molar-refractivity contribution is 5.78. The molecule has 8 atom stereocenters. The number of epoxide rings is 1. The third kappa shape index (κ3) is 2.88. The SMILES string of the molecule is COC(=O)N[C@@H](c1ccc(O)cc1)[C@@H](O)C(=O)OC1CC2C(C)(C)C1(C)[C@@]13CC(C)c4ccccc4[C@@]21O3. The van der Waals surface area contributed by atoms with Crippen LogP contribution in [0.3, 0.4) is 0 Å². The van der Waals surface area contributed by atoms with Gasteiger partial charge >= 0.3 is 12.1 Å². The molecule has 1 aliphatic heterocycles. The number of hydrogen-bond donors (Lipinski definition) is 3. The van der Waals surface area contributed by atoms with Crippen LogP contribution in [0.15, 0.2) is 48.5 Å². The summed E-state index contributed by atoms with van der Waals surface area (Å²) in [5, 5.41) is 23.3. The fourth-order valence-corrected chi connectivity index (χ4v) is 8.47. The van der Waals surface area contributed by atoms with E-state index in [2.05, 4.69) is 57.3 Å². The molecule has 38 heavy (non-hydrogen) atoms. The van der Waals surface area contributed by atoms with Crippen molar-refractivity contribution in [1.82, 2.24) is 5.32 Å². The highest BCUT2D eigenvalue weighted by Gasteiger charge is 2.95. The molecule has 8 heteroatoms. The molecule has 2 aromatic rings. The van der Waals surface area contributed by atoms with Gasteiger partial charge in [-0.15, -0.1) is 0 Å². The number of amides is 1. The first-order chi connectivity index (χ1) is 17.9. The Bertz CT molecular complexity index is 1310. The second kappa shape index (κ2) is 7.96. The van der Waals surface area contributed by atoms with Gasteiger partial charge in [0.05, 0.1) is 13.2 Å². The van der Waals surface area contributed by atoms with Crippen LogP contribution in [0, 0.1) is 16.7 Å². The minimum absolute atomic E-state index is 0.0234. The lowest BCUT2D eigenvalue weighted by molar-refractivity contribution is -0.173. The fourth-order valence-electron chi connectivity index (χ4n) is 8.47. The standard InChI is InChI=1S/C30H35NO7/c1-16-15-29-28(4)22(14-21(27(28,2)3)30(29,38-29)20-9-7-6-8-19(16)20)37-25(34)24(33)23(31-26(35)36-5)17-10-12-18(32)13-11-17/h6-13,16,21-24,32-33H,14-15H2,1-5H3,(H,31,35)/t16?,21?,22?,23-,24+,28?,29-,30+/m0/s1. The first-order valence-corrected chi connectivity index (χ1v) is 13.3. The van der Waals surface area contributed by atoms with Gasteiger partial charge in [-0.25, -0.2) is 9.59 Å². The Morgan fingerprint density at radius 3 is 2.47 bits per heavy atom. The second-order valence-corrected chi connectivity index (χ2v) is 12.1.